The van der Waals surface area contributed by atoms with Crippen molar-refractivity contribution >= 4 is 5.91 Å². The highest BCUT2D eigenvalue weighted by Crippen LogP contribution is 2.41. The molecule has 1 amide bonds. The van der Waals surface area contributed by atoms with Crippen LogP contribution in [0.1, 0.15) is 56.6 Å². The maximum atomic E-state index is 12.4. The largest absolute Gasteiger partial charge is 0.378 e. The van der Waals surface area contributed by atoms with Gasteiger partial charge in [0.25, 0.3) is 0 Å². The summed E-state index contributed by atoms with van der Waals surface area (Å²) in [5.74, 6) is 0.621. The van der Waals surface area contributed by atoms with Crippen LogP contribution < -0.4 is 10.6 Å². The van der Waals surface area contributed by atoms with Gasteiger partial charge in [0, 0.05) is 18.5 Å². The van der Waals surface area contributed by atoms with E-state index in [1.165, 1.54) is 24.0 Å². The molecule has 4 heteroatoms. The summed E-state index contributed by atoms with van der Waals surface area (Å²) >= 11 is 0. The molecular formula is C20H30N2O2. The first-order valence-corrected chi connectivity index (χ1v) is 9.30. The summed E-state index contributed by atoms with van der Waals surface area (Å²) in [4.78, 5) is 12.4. The molecule has 2 fully saturated rings. The fraction of sp³-hybridized carbons (Fsp3) is 0.650. The normalized spacial score (nSPS) is 23.4. The third kappa shape index (κ3) is 3.81. The molecule has 1 aromatic carbocycles. The Morgan fingerprint density at radius 1 is 1.29 bits per heavy atom. The average Bonchev–Trinajstić information content (AvgIpc) is 3.11. The number of carbonyl (C=O) groups excluding carboxylic acids is 1. The van der Waals surface area contributed by atoms with E-state index in [1.807, 2.05) is 0 Å². The predicted molar refractivity (Wildman–Crippen MR) is 96.3 cm³/mol. The molecule has 4 nitrogen and oxygen atoms in total. The molecule has 0 aromatic heterocycles. The third-order valence-electron chi connectivity index (χ3n) is 5.59. The second-order valence-corrected chi connectivity index (χ2v) is 7.56. The molecule has 1 saturated heterocycles. The molecule has 1 aliphatic carbocycles. The van der Waals surface area contributed by atoms with Crippen LogP contribution in [0.25, 0.3) is 0 Å². The van der Waals surface area contributed by atoms with Gasteiger partial charge in [-0.15, -0.1) is 0 Å². The number of nitrogens with one attached hydrogen (secondary N) is 2. The first kappa shape index (κ1) is 17.4. The summed E-state index contributed by atoms with van der Waals surface area (Å²) in [7, 11) is 0. The summed E-state index contributed by atoms with van der Waals surface area (Å²) < 4.78 is 5.40. The highest BCUT2D eigenvalue weighted by Gasteiger charge is 2.36. The lowest BCUT2D eigenvalue weighted by molar-refractivity contribution is -0.126. The van der Waals surface area contributed by atoms with Crippen LogP contribution in [-0.4, -0.2) is 38.3 Å². The van der Waals surface area contributed by atoms with Crippen LogP contribution in [0.4, 0.5) is 0 Å². The quantitative estimate of drug-likeness (QED) is 0.873. The van der Waals surface area contributed by atoms with Crippen LogP contribution in [-0.2, 0) is 14.9 Å². The van der Waals surface area contributed by atoms with Gasteiger partial charge in [-0.1, -0.05) is 51.0 Å². The van der Waals surface area contributed by atoms with Gasteiger partial charge in [-0.05, 0) is 29.9 Å². The van der Waals surface area contributed by atoms with Crippen molar-refractivity contribution in [3.05, 3.63) is 35.4 Å². The van der Waals surface area contributed by atoms with E-state index in [0.29, 0.717) is 19.1 Å². The Morgan fingerprint density at radius 2 is 2.00 bits per heavy atom. The van der Waals surface area contributed by atoms with E-state index >= 15 is 0 Å². The number of morpholine rings is 1. The van der Waals surface area contributed by atoms with Crippen molar-refractivity contribution in [1.29, 1.82) is 0 Å². The van der Waals surface area contributed by atoms with Gasteiger partial charge < -0.3 is 15.4 Å². The molecule has 1 atom stereocenters. The lowest BCUT2D eigenvalue weighted by Crippen LogP contribution is -2.53. The average molecular weight is 330 g/mol. The van der Waals surface area contributed by atoms with Crippen molar-refractivity contribution in [3.8, 4) is 0 Å². The number of hydrogen-bond donors (Lipinski definition) is 2. The highest BCUT2D eigenvalue weighted by atomic mass is 16.5. The Kier molecular flexibility index (Phi) is 5.57. The molecule has 132 valence electrons. The molecule has 0 bridgehead atoms. The lowest BCUT2D eigenvalue weighted by Gasteiger charge is -2.32. The fourth-order valence-corrected chi connectivity index (χ4v) is 3.95. The van der Waals surface area contributed by atoms with Gasteiger partial charge in [0.2, 0.25) is 5.91 Å². The zero-order chi connectivity index (χ0) is 17.0. The predicted octanol–water partition coefficient (Wildman–Crippen LogP) is 2.73. The number of benzene rings is 1. The number of ether oxygens (including phenoxy) is 1. The number of carbonyl (C=O) groups is 1. The Hall–Kier alpha value is -1.39. The molecule has 2 aliphatic rings. The van der Waals surface area contributed by atoms with Crippen LogP contribution in [0, 0.1) is 0 Å². The summed E-state index contributed by atoms with van der Waals surface area (Å²) in [6.07, 6.45) is 4.80. The topological polar surface area (TPSA) is 50.4 Å². The Balaban J connectivity index is 1.68. The van der Waals surface area contributed by atoms with Crippen LogP contribution in [0.3, 0.4) is 0 Å². The minimum atomic E-state index is -0.208. The fourth-order valence-electron chi connectivity index (χ4n) is 3.95. The summed E-state index contributed by atoms with van der Waals surface area (Å²) in [5, 5.41) is 6.42. The first-order chi connectivity index (χ1) is 11.6. The zero-order valence-electron chi connectivity index (χ0n) is 14.9. The van der Waals surface area contributed by atoms with Crippen molar-refractivity contribution < 1.29 is 9.53 Å². The highest BCUT2D eigenvalue weighted by molar-refractivity contribution is 5.82. The van der Waals surface area contributed by atoms with E-state index in [2.05, 4.69) is 48.7 Å². The standard InChI is InChI=1S/C20H30N2O2/c1-15(2)16-5-7-17(8-6-16)20(9-3-4-10-20)14-22-19(23)18-13-24-12-11-21-18/h5-8,15,18,21H,3-4,9-14H2,1-2H3,(H,22,23). The number of rotatable bonds is 5. The molecule has 1 aromatic rings. The zero-order valence-corrected chi connectivity index (χ0v) is 14.9. The van der Waals surface area contributed by atoms with Gasteiger partial charge in [-0.2, -0.15) is 0 Å². The van der Waals surface area contributed by atoms with Crippen molar-refractivity contribution in [3.63, 3.8) is 0 Å². The van der Waals surface area contributed by atoms with Crippen LogP contribution in [0.15, 0.2) is 24.3 Å². The molecular weight excluding hydrogens is 300 g/mol. The van der Waals surface area contributed by atoms with E-state index in [9.17, 15) is 4.79 Å². The molecule has 24 heavy (non-hydrogen) atoms. The molecule has 1 heterocycles. The Labute approximate surface area is 145 Å². The van der Waals surface area contributed by atoms with Crippen LogP contribution in [0.2, 0.25) is 0 Å². The van der Waals surface area contributed by atoms with Gasteiger partial charge in [-0.25, -0.2) is 0 Å². The van der Waals surface area contributed by atoms with Gasteiger partial charge in [-0.3, -0.25) is 4.79 Å². The van der Waals surface area contributed by atoms with E-state index in [1.54, 1.807) is 0 Å². The van der Waals surface area contributed by atoms with Gasteiger partial charge in [0.15, 0.2) is 0 Å². The summed E-state index contributed by atoms with van der Waals surface area (Å²) in [5.41, 5.74) is 2.85. The van der Waals surface area contributed by atoms with Crippen molar-refractivity contribution in [2.75, 3.05) is 26.3 Å². The first-order valence-electron chi connectivity index (χ1n) is 9.30. The van der Waals surface area contributed by atoms with Crippen LogP contribution in [0.5, 0.6) is 0 Å². The molecule has 1 unspecified atom stereocenters. The molecule has 2 N–H and O–H groups in total. The summed E-state index contributed by atoms with van der Waals surface area (Å²) in [6, 6.07) is 8.83. The van der Waals surface area contributed by atoms with Gasteiger partial charge in [0.05, 0.1) is 13.2 Å². The second-order valence-electron chi connectivity index (χ2n) is 7.56. The van der Waals surface area contributed by atoms with E-state index in [4.69, 9.17) is 4.74 Å². The van der Waals surface area contributed by atoms with Gasteiger partial charge in [0.1, 0.15) is 6.04 Å². The van der Waals surface area contributed by atoms with Crippen LogP contribution >= 0.6 is 0 Å². The van der Waals surface area contributed by atoms with E-state index in [0.717, 1.165) is 25.9 Å². The molecule has 1 saturated carbocycles. The third-order valence-corrected chi connectivity index (χ3v) is 5.59. The van der Waals surface area contributed by atoms with Crippen molar-refractivity contribution in [1.82, 2.24) is 10.6 Å². The van der Waals surface area contributed by atoms with Crippen molar-refractivity contribution in [2.45, 2.75) is 56.9 Å². The number of hydrogen-bond acceptors (Lipinski definition) is 3. The van der Waals surface area contributed by atoms with Crippen molar-refractivity contribution in [2.24, 2.45) is 0 Å². The molecule has 1 aliphatic heterocycles. The van der Waals surface area contributed by atoms with E-state index in [-0.39, 0.29) is 17.4 Å². The maximum Gasteiger partial charge on any atom is 0.239 e. The molecule has 0 spiro atoms. The van der Waals surface area contributed by atoms with Gasteiger partial charge >= 0.3 is 0 Å². The smallest absolute Gasteiger partial charge is 0.239 e. The SMILES string of the molecule is CC(C)c1ccc(C2(CNC(=O)C3COCCN3)CCCC2)cc1. The van der Waals surface area contributed by atoms with E-state index < -0.39 is 0 Å². The maximum absolute atomic E-state index is 12.4. The minimum Gasteiger partial charge on any atom is -0.378 e. The molecule has 0 radical (unpaired) electrons. The monoisotopic (exact) mass is 330 g/mol. The Bertz CT molecular complexity index is 541. The Morgan fingerprint density at radius 3 is 2.58 bits per heavy atom. The summed E-state index contributed by atoms with van der Waals surface area (Å²) in [6.45, 7) is 7.09. The second kappa shape index (κ2) is 7.66. The minimum absolute atomic E-state index is 0.0692. The molecule has 3 rings (SSSR count). The number of amides is 1. The lowest BCUT2D eigenvalue weighted by atomic mass is 9.78.